The molecule has 2 aliphatic heterocycles. The van der Waals surface area contributed by atoms with Crippen molar-refractivity contribution < 1.29 is 19.3 Å². The fraction of sp³-hybridized carbons (Fsp3) is 0.600. The number of piperidine rings is 1. The summed E-state index contributed by atoms with van der Waals surface area (Å²) in [6.45, 7) is 10.1. The van der Waals surface area contributed by atoms with Gasteiger partial charge in [-0.3, -0.25) is 14.7 Å². The molecule has 1 atom stereocenters. The Bertz CT molecular complexity index is 977. The number of hydrogen-bond donors (Lipinski definition) is 1. The molecule has 0 radical (unpaired) electrons. The number of methoxy groups -OCH3 is 2. The monoisotopic (exact) mass is 511 g/mol. The van der Waals surface area contributed by atoms with Crippen molar-refractivity contribution in [2.45, 2.75) is 44.9 Å². The van der Waals surface area contributed by atoms with E-state index in [1.165, 1.54) is 37.1 Å². The summed E-state index contributed by atoms with van der Waals surface area (Å²) in [5.41, 5.74) is 1.67. The van der Waals surface area contributed by atoms with Crippen LogP contribution in [0.15, 0.2) is 42.5 Å². The Morgan fingerprint density at radius 3 is 2.38 bits per heavy atom. The van der Waals surface area contributed by atoms with E-state index in [0.29, 0.717) is 19.7 Å². The Hall–Kier alpha value is -2.32. The molecule has 2 heterocycles. The van der Waals surface area contributed by atoms with Crippen LogP contribution in [0, 0.1) is 5.92 Å². The van der Waals surface area contributed by atoms with Gasteiger partial charge in [-0.25, -0.2) is 0 Å². The smallest absolute Gasteiger partial charge is 0.161 e. The van der Waals surface area contributed by atoms with Crippen LogP contribution in [-0.2, 0) is 13.1 Å². The van der Waals surface area contributed by atoms with Gasteiger partial charge in [-0.1, -0.05) is 25.1 Å². The second-order valence-corrected chi connectivity index (χ2v) is 11.1. The molecule has 2 aromatic carbocycles. The largest absolute Gasteiger partial charge is 0.497 e. The maximum atomic E-state index is 11.3. The highest BCUT2D eigenvalue weighted by Gasteiger charge is 2.36. The molecule has 4 rings (SSSR count). The Labute approximate surface area is 222 Å². The summed E-state index contributed by atoms with van der Waals surface area (Å²) in [5.74, 6) is 3.28. The van der Waals surface area contributed by atoms with E-state index in [4.69, 9.17) is 14.2 Å². The van der Waals surface area contributed by atoms with Gasteiger partial charge in [-0.05, 0) is 80.7 Å². The number of benzene rings is 2. The number of aliphatic hydroxyl groups is 1. The van der Waals surface area contributed by atoms with Gasteiger partial charge >= 0.3 is 0 Å². The minimum atomic E-state index is -0.708. The zero-order valence-electron chi connectivity index (χ0n) is 23.1. The molecule has 0 saturated carbocycles. The maximum Gasteiger partial charge on any atom is 0.161 e. The Morgan fingerprint density at radius 1 is 0.946 bits per heavy atom. The quantitative estimate of drug-likeness (QED) is 0.464. The van der Waals surface area contributed by atoms with Crippen LogP contribution >= 0.6 is 0 Å². The first-order chi connectivity index (χ1) is 17.9. The second-order valence-electron chi connectivity index (χ2n) is 11.1. The Kier molecular flexibility index (Phi) is 9.71. The number of likely N-dealkylation sites (tertiary alicyclic amines) is 2. The fourth-order valence-corrected chi connectivity index (χ4v) is 5.56. The lowest BCUT2D eigenvalue weighted by Gasteiger charge is -2.30. The number of likely N-dealkylation sites (N-methyl/N-ethyl adjacent to an activating group) is 1. The number of hydrogen-bond acceptors (Lipinski definition) is 7. The van der Waals surface area contributed by atoms with Crippen molar-refractivity contribution in [1.29, 1.82) is 0 Å². The summed E-state index contributed by atoms with van der Waals surface area (Å²) in [7, 11) is 5.45. The molecule has 0 aliphatic carbocycles. The van der Waals surface area contributed by atoms with E-state index in [0.717, 1.165) is 55.8 Å². The molecule has 0 aromatic heterocycles. The van der Waals surface area contributed by atoms with E-state index >= 15 is 0 Å². The molecule has 1 N–H and O–H groups in total. The van der Waals surface area contributed by atoms with Crippen molar-refractivity contribution in [3.8, 4) is 17.2 Å². The van der Waals surface area contributed by atoms with Gasteiger partial charge in [0.05, 0.1) is 19.8 Å². The van der Waals surface area contributed by atoms with Crippen LogP contribution in [0.5, 0.6) is 17.2 Å². The van der Waals surface area contributed by atoms with Crippen LogP contribution in [0.3, 0.4) is 0 Å². The molecule has 2 fully saturated rings. The molecule has 0 spiro atoms. The molecule has 0 bridgehead atoms. The zero-order valence-corrected chi connectivity index (χ0v) is 23.1. The zero-order chi connectivity index (χ0) is 26.3. The van der Waals surface area contributed by atoms with Gasteiger partial charge in [0.1, 0.15) is 12.4 Å². The second kappa shape index (κ2) is 13.0. The number of ether oxygens (including phenoxy) is 3. The van der Waals surface area contributed by atoms with Crippen LogP contribution in [0.4, 0.5) is 0 Å². The highest BCUT2D eigenvalue weighted by atomic mass is 16.5. The molecule has 7 heteroatoms. The first-order valence-electron chi connectivity index (χ1n) is 13.6. The van der Waals surface area contributed by atoms with E-state index in [1.54, 1.807) is 14.2 Å². The predicted molar refractivity (Wildman–Crippen MR) is 147 cm³/mol. The Balaban J connectivity index is 1.24. The molecule has 204 valence electrons. The lowest BCUT2D eigenvalue weighted by molar-refractivity contribution is 0.0162. The van der Waals surface area contributed by atoms with Crippen LogP contribution in [0.1, 0.15) is 37.3 Å². The van der Waals surface area contributed by atoms with Gasteiger partial charge in [-0.2, -0.15) is 0 Å². The first-order valence-corrected chi connectivity index (χ1v) is 13.6. The standard InChI is InChI=1S/C30H45N3O4/c1-24-11-14-32(15-12-24)17-18-37-28-10-7-26(19-29(28)36-4)21-33-16-13-30(34,23-33)22-31(2)20-25-5-8-27(35-3)9-6-25/h5-10,19,24,34H,11-18,20-23H2,1-4H3/t30-/m1/s1. The minimum Gasteiger partial charge on any atom is -0.497 e. The van der Waals surface area contributed by atoms with Crippen molar-refractivity contribution in [1.82, 2.24) is 14.7 Å². The van der Waals surface area contributed by atoms with Gasteiger partial charge in [0.25, 0.3) is 0 Å². The number of nitrogens with zero attached hydrogens (tertiary/aromatic N) is 3. The molecular weight excluding hydrogens is 466 g/mol. The minimum absolute atomic E-state index is 0.640. The molecule has 37 heavy (non-hydrogen) atoms. The van der Waals surface area contributed by atoms with Crippen LogP contribution in [0.2, 0.25) is 0 Å². The summed E-state index contributed by atoms with van der Waals surface area (Å²) in [4.78, 5) is 7.02. The highest BCUT2D eigenvalue weighted by molar-refractivity contribution is 5.43. The van der Waals surface area contributed by atoms with Crippen molar-refractivity contribution in [2.75, 3.05) is 67.1 Å². The van der Waals surface area contributed by atoms with Gasteiger partial charge in [0, 0.05) is 39.3 Å². The van der Waals surface area contributed by atoms with E-state index in [1.807, 2.05) is 18.2 Å². The molecular formula is C30H45N3O4. The van der Waals surface area contributed by atoms with Crippen LogP contribution in [-0.4, -0.2) is 92.5 Å². The van der Waals surface area contributed by atoms with E-state index in [9.17, 15) is 5.11 Å². The van der Waals surface area contributed by atoms with E-state index < -0.39 is 5.60 Å². The number of rotatable bonds is 12. The van der Waals surface area contributed by atoms with Crippen molar-refractivity contribution in [2.24, 2.45) is 5.92 Å². The van der Waals surface area contributed by atoms with E-state index in [-0.39, 0.29) is 0 Å². The van der Waals surface area contributed by atoms with Gasteiger partial charge < -0.3 is 19.3 Å². The maximum absolute atomic E-state index is 11.3. The van der Waals surface area contributed by atoms with Gasteiger partial charge in [0.15, 0.2) is 11.5 Å². The highest BCUT2D eigenvalue weighted by Crippen LogP contribution is 2.30. The molecule has 2 aliphatic rings. The van der Waals surface area contributed by atoms with Gasteiger partial charge in [0.2, 0.25) is 0 Å². The van der Waals surface area contributed by atoms with Crippen molar-refractivity contribution in [3.63, 3.8) is 0 Å². The molecule has 0 amide bonds. The molecule has 2 saturated heterocycles. The molecule has 7 nitrogen and oxygen atoms in total. The van der Waals surface area contributed by atoms with Crippen LogP contribution in [0.25, 0.3) is 0 Å². The summed E-state index contributed by atoms with van der Waals surface area (Å²) in [6.07, 6.45) is 3.33. The summed E-state index contributed by atoms with van der Waals surface area (Å²) >= 11 is 0. The average molecular weight is 512 g/mol. The molecule has 0 unspecified atom stereocenters. The topological polar surface area (TPSA) is 57.6 Å². The lowest BCUT2D eigenvalue weighted by atomic mass is 9.99. The predicted octanol–water partition coefficient (Wildman–Crippen LogP) is 3.88. The summed E-state index contributed by atoms with van der Waals surface area (Å²) in [5, 5.41) is 11.3. The van der Waals surface area contributed by atoms with Crippen LogP contribution < -0.4 is 14.2 Å². The van der Waals surface area contributed by atoms with Gasteiger partial charge in [-0.15, -0.1) is 0 Å². The average Bonchev–Trinajstić information content (AvgIpc) is 3.25. The third-order valence-corrected chi connectivity index (χ3v) is 7.76. The number of β-amino-alcohol motifs (C(OH)–C–C–N with tert-alkyl or cyclic N) is 1. The first kappa shape index (κ1) is 27.7. The third-order valence-electron chi connectivity index (χ3n) is 7.76. The fourth-order valence-electron chi connectivity index (χ4n) is 5.56. The Morgan fingerprint density at radius 2 is 1.68 bits per heavy atom. The SMILES string of the molecule is COc1ccc(CN(C)C[C@]2(O)CCN(Cc3ccc(OCCN4CCC(C)CC4)c(OC)c3)C2)cc1. The molecule has 2 aromatic rings. The normalized spacial score (nSPS) is 21.5. The summed E-state index contributed by atoms with van der Waals surface area (Å²) < 4.78 is 17.0. The summed E-state index contributed by atoms with van der Waals surface area (Å²) in [6, 6.07) is 14.3. The van der Waals surface area contributed by atoms with Crippen molar-refractivity contribution in [3.05, 3.63) is 53.6 Å². The lowest BCUT2D eigenvalue weighted by Crippen LogP contribution is -2.43. The van der Waals surface area contributed by atoms with Crippen molar-refractivity contribution >= 4 is 0 Å². The van der Waals surface area contributed by atoms with E-state index in [2.05, 4.69) is 52.9 Å². The third kappa shape index (κ3) is 8.08.